The summed E-state index contributed by atoms with van der Waals surface area (Å²) in [6.07, 6.45) is 0. The molecule has 0 atom stereocenters. The summed E-state index contributed by atoms with van der Waals surface area (Å²) in [5, 5.41) is 27.0. The Morgan fingerprint density at radius 3 is 1.43 bits per heavy atom. The van der Waals surface area contributed by atoms with Crippen LogP contribution in [0.1, 0.15) is 0 Å². The summed E-state index contributed by atoms with van der Waals surface area (Å²) in [6.45, 7) is 0. The average Bonchev–Trinajstić information content (AvgIpc) is 3.45. The fourth-order valence-corrected chi connectivity index (χ4v) is 4.38. The van der Waals surface area contributed by atoms with Crippen LogP contribution in [0.4, 0.5) is 21.6 Å². The van der Waals surface area contributed by atoms with Gasteiger partial charge in [-0.2, -0.15) is 0 Å². The van der Waals surface area contributed by atoms with E-state index in [-0.39, 0.29) is 0 Å². The van der Waals surface area contributed by atoms with E-state index in [0.717, 1.165) is 42.8 Å². The zero-order chi connectivity index (χ0) is 20.2. The van der Waals surface area contributed by atoms with Crippen molar-refractivity contribution in [2.24, 2.45) is 0 Å². The van der Waals surface area contributed by atoms with Gasteiger partial charge in [0.1, 0.15) is 10.0 Å². The molecule has 0 fully saturated rings. The molecule has 5 rings (SSSR count). The molecule has 0 radical (unpaired) electrons. The van der Waals surface area contributed by atoms with Gasteiger partial charge in [0.2, 0.25) is 10.3 Å². The Bertz CT molecular complexity index is 1160. The van der Waals surface area contributed by atoms with Crippen LogP contribution in [0.25, 0.3) is 21.1 Å². The van der Waals surface area contributed by atoms with Gasteiger partial charge in [0.15, 0.2) is 0 Å². The fourth-order valence-electron chi connectivity index (χ4n) is 2.86. The van der Waals surface area contributed by atoms with Crippen molar-refractivity contribution in [2.75, 3.05) is 10.6 Å². The normalized spacial score (nSPS) is 10.7. The number of nitrogens with zero attached hydrogens (tertiary/aromatic N) is 4. The standard InChI is InChI=1S/C22H16N6S2/c1-3-10-17(11-4-1)23-21-27-25-19(29-21)15-8-7-9-16(14-15)20-26-28-22(30-20)24-18-12-5-2-6-13-18/h1-14H,(H,23,27)(H,24,28). The fraction of sp³-hybridized carbons (Fsp3) is 0. The molecule has 6 nitrogen and oxygen atoms in total. The highest BCUT2D eigenvalue weighted by Gasteiger charge is 2.11. The lowest BCUT2D eigenvalue weighted by molar-refractivity contribution is 1.09. The molecule has 3 aromatic carbocycles. The van der Waals surface area contributed by atoms with Crippen molar-refractivity contribution in [3.8, 4) is 21.1 Å². The Morgan fingerprint density at radius 1 is 0.500 bits per heavy atom. The number of para-hydroxylation sites is 2. The lowest BCUT2D eigenvalue weighted by atomic mass is 10.1. The van der Waals surface area contributed by atoms with Crippen molar-refractivity contribution in [1.82, 2.24) is 20.4 Å². The number of hydrogen-bond donors (Lipinski definition) is 2. The van der Waals surface area contributed by atoms with E-state index in [0.29, 0.717) is 0 Å². The van der Waals surface area contributed by atoms with E-state index in [1.165, 1.54) is 22.7 Å². The first kappa shape index (κ1) is 18.4. The highest BCUT2D eigenvalue weighted by Crippen LogP contribution is 2.33. The van der Waals surface area contributed by atoms with Gasteiger partial charge in [-0.3, -0.25) is 0 Å². The maximum absolute atomic E-state index is 4.34. The number of anilines is 4. The van der Waals surface area contributed by atoms with Crippen LogP contribution in [0.15, 0.2) is 84.9 Å². The molecular formula is C22H16N6S2. The van der Waals surface area contributed by atoms with E-state index in [2.05, 4.69) is 37.1 Å². The van der Waals surface area contributed by atoms with E-state index in [9.17, 15) is 0 Å². The molecule has 2 aromatic heterocycles. The van der Waals surface area contributed by atoms with Gasteiger partial charge in [-0.25, -0.2) is 0 Å². The third-order valence-corrected chi connectivity index (χ3v) is 6.03. The molecular weight excluding hydrogens is 412 g/mol. The topological polar surface area (TPSA) is 75.6 Å². The smallest absolute Gasteiger partial charge is 0.210 e. The third-order valence-electron chi connectivity index (χ3n) is 4.26. The summed E-state index contributed by atoms with van der Waals surface area (Å²) >= 11 is 3.03. The molecule has 5 aromatic rings. The number of rotatable bonds is 6. The summed E-state index contributed by atoms with van der Waals surface area (Å²) in [6, 6.07) is 28.0. The Morgan fingerprint density at radius 2 is 0.967 bits per heavy atom. The van der Waals surface area contributed by atoms with E-state index in [1.807, 2.05) is 78.9 Å². The first-order valence-corrected chi connectivity index (χ1v) is 10.9. The minimum Gasteiger partial charge on any atom is -0.330 e. The highest BCUT2D eigenvalue weighted by atomic mass is 32.1. The van der Waals surface area contributed by atoms with E-state index >= 15 is 0 Å². The molecule has 8 heteroatoms. The number of hydrogen-bond acceptors (Lipinski definition) is 8. The molecule has 0 aliphatic rings. The van der Waals surface area contributed by atoms with Gasteiger partial charge in [-0.1, -0.05) is 77.3 Å². The predicted octanol–water partition coefficient (Wildman–Crippen LogP) is 6.21. The van der Waals surface area contributed by atoms with Crippen LogP contribution in [0.5, 0.6) is 0 Å². The van der Waals surface area contributed by atoms with Gasteiger partial charge in [-0.05, 0) is 30.3 Å². The predicted molar refractivity (Wildman–Crippen MR) is 124 cm³/mol. The zero-order valence-corrected chi connectivity index (χ0v) is 17.3. The summed E-state index contributed by atoms with van der Waals surface area (Å²) < 4.78 is 0. The number of nitrogens with one attached hydrogen (secondary N) is 2. The number of aromatic nitrogens is 4. The summed E-state index contributed by atoms with van der Waals surface area (Å²) in [5.41, 5.74) is 3.97. The molecule has 146 valence electrons. The Kier molecular flexibility index (Phi) is 5.15. The van der Waals surface area contributed by atoms with Crippen LogP contribution in [-0.4, -0.2) is 20.4 Å². The molecule has 0 aliphatic carbocycles. The van der Waals surface area contributed by atoms with Crippen LogP contribution in [0.2, 0.25) is 0 Å². The van der Waals surface area contributed by atoms with Gasteiger partial charge < -0.3 is 10.6 Å². The average molecular weight is 429 g/mol. The molecule has 30 heavy (non-hydrogen) atoms. The van der Waals surface area contributed by atoms with Crippen molar-refractivity contribution >= 4 is 44.3 Å². The van der Waals surface area contributed by atoms with Gasteiger partial charge >= 0.3 is 0 Å². The summed E-state index contributed by atoms with van der Waals surface area (Å²) in [4.78, 5) is 0. The van der Waals surface area contributed by atoms with Crippen molar-refractivity contribution < 1.29 is 0 Å². The second-order valence-electron chi connectivity index (χ2n) is 6.39. The molecule has 0 amide bonds. The van der Waals surface area contributed by atoms with E-state index in [1.54, 1.807) is 0 Å². The van der Waals surface area contributed by atoms with Crippen LogP contribution in [0.3, 0.4) is 0 Å². The second-order valence-corrected chi connectivity index (χ2v) is 8.34. The molecule has 2 N–H and O–H groups in total. The largest absolute Gasteiger partial charge is 0.330 e. The van der Waals surface area contributed by atoms with Gasteiger partial charge in [0.05, 0.1) is 0 Å². The lowest BCUT2D eigenvalue weighted by Gasteiger charge is -2.01. The quantitative estimate of drug-likeness (QED) is 0.335. The van der Waals surface area contributed by atoms with Crippen LogP contribution in [0, 0.1) is 0 Å². The Labute approximate surface area is 181 Å². The van der Waals surface area contributed by atoms with Crippen molar-refractivity contribution in [3.63, 3.8) is 0 Å². The van der Waals surface area contributed by atoms with Gasteiger partial charge in [0.25, 0.3) is 0 Å². The minimum atomic E-state index is 0.756. The Hall–Kier alpha value is -3.62. The van der Waals surface area contributed by atoms with Crippen LogP contribution in [-0.2, 0) is 0 Å². The summed E-state index contributed by atoms with van der Waals surface area (Å²) in [7, 11) is 0. The molecule has 0 saturated carbocycles. The first-order chi connectivity index (χ1) is 14.8. The maximum atomic E-state index is 4.34. The molecule has 0 aliphatic heterocycles. The first-order valence-electron chi connectivity index (χ1n) is 9.25. The zero-order valence-electron chi connectivity index (χ0n) is 15.7. The highest BCUT2D eigenvalue weighted by molar-refractivity contribution is 7.19. The van der Waals surface area contributed by atoms with Gasteiger partial charge in [-0.15, -0.1) is 20.4 Å². The third kappa shape index (κ3) is 4.19. The molecule has 2 heterocycles. The molecule has 0 bridgehead atoms. The SMILES string of the molecule is c1ccc(Nc2nnc(-c3cccc(-c4nnc(Nc5ccccc5)s4)c3)s2)cc1. The monoisotopic (exact) mass is 428 g/mol. The van der Waals surface area contributed by atoms with Gasteiger partial charge in [0, 0.05) is 22.5 Å². The maximum Gasteiger partial charge on any atom is 0.210 e. The Balaban J connectivity index is 1.35. The number of benzene rings is 3. The molecule has 0 saturated heterocycles. The minimum absolute atomic E-state index is 0.756. The lowest BCUT2D eigenvalue weighted by Crippen LogP contribution is -1.87. The second kappa shape index (κ2) is 8.40. The van der Waals surface area contributed by atoms with E-state index in [4.69, 9.17) is 0 Å². The van der Waals surface area contributed by atoms with E-state index < -0.39 is 0 Å². The van der Waals surface area contributed by atoms with Crippen molar-refractivity contribution in [2.45, 2.75) is 0 Å². The molecule has 0 unspecified atom stereocenters. The van der Waals surface area contributed by atoms with Crippen LogP contribution >= 0.6 is 22.7 Å². The van der Waals surface area contributed by atoms with Crippen molar-refractivity contribution in [1.29, 1.82) is 0 Å². The molecule has 0 spiro atoms. The van der Waals surface area contributed by atoms with Crippen LogP contribution < -0.4 is 10.6 Å². The van der Waals surface area contributed by atoms with Crippen molar-refractivity contribution in [3.05, 3.63) is 84.9 Å². The summed E-state index contributed by atoms with van der Waals surface area (Å²) in [5.74, 6) is 0.